The van der Waals surface area contributed by atoms with Crippen molar-refractivity contribution in [3.8, 4) is 0 Å². The van der Waals surface area contributed by atoms with E-state index < -0.39 is 0 Å². The Morgan fingerprint density at radius 3 is 2.70 bits per heavy atom. The average Bonchev–Trinajstić information content (AvgIpc) is 3.54. The molecule has 6 atom stereocenters. The lowest BCUT2D eigenvalue weighted by atomic mass is 9.68. The quantitative estimate of drug-likeness (QED) is 0.491. The Hall–Kier alpha value is -0.950. The standard InChI is InChI=1S/C21H35NO5/c1-6-11-22-17(23)12-25-15-9-10-21(13-26-21)19(18(15)24-5)20(4)16(27-20)8-7-14(2)3/h7,15-16,18-19H,6,8-13H2,1-5H3,(H,22,23). The molecule has 3 rings (SSSR count). The van der Waals surface area contributed by atoms with Crippen LogP contribution in [-0.2, 0) is 23.7 Å². The molecule has 3 fully saturated rings. The van der Waals surface area contributed by atoms with E-state index in [0.29, 0.717) is 6.54 Å². The number of hydrogen-bond acceptors (Lipinski definition) is 5. The number of carbonyl (C=O) groups excluding carboxylic acids is 1. The minimum atomic E-state index is -0.268. The molecule has 1 aliphatic carbocycles. The first-order valence-electron chi connectivity index (χ1n) is 10.2. The highest BCUT2D eigenvalue weighted by Gasteiger charge is 2.71. The number of hydrogen-bond donors (Lipinski definition) is 1. The van der Waals surface area contributed by atoms with Crippen molar-refractivity contribution < 1.29 is 23.7 Å². The van der Waals surface area contributed by atoms with Crippen molar-refractivity contribution in [2.45, 2.75) is 82.9 Å². The fourth-order valence-corrected chi connectivity index (χ4v) is 4.62. The van der Waals surface area contributed by atoms with E-state index in [1.807, 2.05) is 6.92 Å². The zero-order valence-corrected chi connectivity index (χ0v) is 17.4. The van der Waals surface area contributed by atoms with Crippen molar-refractivity contribution in [3.05, 3.63) is 11.6 Å². The summed E-state index contributed by atoms with van der Waals surface area (Å²) in [6, 6.07) is 0. The molecule has 0 aromatic rings. The second kappa shape index (κ2) is 8.19. The van der Waals surface area contributed by atoms with Crippen molar-refractivity contribution in [2.24, 2.45) is 5.92 Å². The van der Waals surface area contributed by atoms with Crippen LogP contribution in [0.25, 0.3) is 0 Å². The molecule has 154 valence electrons. The molecule has 1 spiro atoms. The molecule has 0 bridgehead atoms. The SMILES string of the molecule is CCCNC(=O)COC1CCC2(CO2)C(C2(C)OC2CC=C(C)C)C1OC. The van der Waals surface area contributed by atoms with E-state index in [4.69, 9.17) is 18.9 Å². The first-order valence-corrected chi connectivity index (χ1v) is 10.2. The highest BCUT2D eigenvalue weighted by atomic mass is 16.6. The van der Waals surface area contributed by atoms with Gasteiger partial charge in [0.1, 0.15) is 12.2 Å². The van der Waals surface area contributed by atoms with Crippen molar-refractivity contribution in [1.82, 2.24) is 5.32 Å². The van der Waals surface area contributed by atoms with Gasteiger partial charge in [-0.1, -0.05) is 18.6 Å². The van der Waals surface area contributed by atoms with Gasteiger partial charge in [0.2, 0.25) is 5.91 Å². The lowest BCUT2D eigenvalue weighted by Crippen LogP contribution is -2.55. The van der Waals surface area contributed by atoms with E-state index >= 15 is 0 Å². The van der Waals surface area contributed by atoms with Gasteiger partial charge in [-0.2, -0.15) is 0 Å². The van der Waals surface area contributed by atoms with Gasteiger partial charge in [-0.05, 0) is 46.5 Å². The molecular formula is C21H35NO5. The number of ether oxygens (including phenoxy) is 4. The number of carbonyl (C=O) groups is 1. The Morgan fingerprint density at radius 2 is 2.11 bits per heavy atom. The van der Waals surface area contributed by atoms with Crippen LogP contribution in [0.2, 0.25) is 0 Å². The van der Waals surface area contributed by atoms with Crippen LogP contribution in [0.5, 0.6) is 0 Å². The summed E-state index contributed by atoms with van der Waals surface area (Å²) in [5, 5.41) is 2.86. The third-order valence-corrected chi connectivity index (χ3v) is 6.24. The van der Waals surface area contributed by atoms with Crippen LogP contribution in [0.4, 0.5) is 0 Å². The second-order valence-electron chi connectivity index (χ2n) is 8.58. The molecule has 2 aliphatic heterocycles. The van der Waals surface area contributed by atoms with Crippen LogP contribution in [-0.4, -0.2) is 62.3 Å². The van der Waals surface area contributed by atoms with E-state index in [0.717, 1.165) is 32.3 Å². The lowest BCUT2D eigenvalue weighted by Gasteiger charge is -2.43. The van der Waals surface area contributed by atoms with Crippen molar-refractivity contribution in [1.29, 1.82) is 0 Å². The third kappa shape index (κ3) is 4.39. The van der Waals surface area contributed by atoms with Gasteiger partial charge in [-0.15, -0.1) is 0 Å². The Kier molecular flexibility index (Phi) is 6.31. The van der Waals surface area contributed by atoms with Crippen molar-refractivity contribution in [2.75, 3.05) is 26.9 Å². The summed E-state index contributed by atoms with van der Waals surface area (Å²) >= 11 is 0. The molecule has 1 N–H and O–H groups in total. The van der Waals surface area contributed by atoms with Gasteiger partial charge in [0.05, 0.1) is 36.4 Å². The zero-order chi connectivity index (χ0) is 19.7. The number of rotatable bonds is 9. The number of amides is 1. The van der Waals surface area contributed by atoms with E-state index in [-0.39, 0.29) is 47.9 Å². The Morgan fingerprint density at radius 1 is 1.37 bits per heavy atom. The van der Waals surface area contributed by atoms with Gasteiger partial charge in [0.15, 0.2) is 0 Å². The van der Waals surface area contributed by atoms with Gasteiger partial charge in [-0.25, -0.2) is 0 Å². The highest BCUT2D eigenvalue weighted by Crippen LogP contribution is 2.59. The smallest absolute Gasteiger partial charge is 0.246 e. The predicted molar refractivity (Wildman–Crippen MR) is 103 cm³/mol. The molecule has 2 heterocycles. The fourth-order valence-electron chi connectivity index (χ4n) is 4.62. The van der Waals surface area contributed by atoms with Crippen LogP contribution in [0.3, 0.4) is 0 Å². The van der Waals surface area contributed by atoms with E-state index in [1.54, 1.807) is 7.11 Å². The number of allylic oxidation sites excluding steroid dienone is 1. The van der Waals surface area contributed by atoms with E-state index in [1.165, 1.54) is 5.57 Å². The Labute approximate surface area is 162 Å². The normalized spacial score (nSPS) is 39.9. The topological polar surface area (TPSA) is 72.6 Å². The van der Waals surface area contributed by atoms with Crippen molar-refractivity contribution >= 4 is 5.91 Å². The summed E-state index contributed by atoms with van der Waals surface area (Å²) in [5.41, 5.74) is 0.881. The second-order valence-corrected chi connectivity index (χ2v) is 8.58. The first-order chi connectivity index (χ1) is 12.9. The van der Waals surface area contributed by atoms with Gasteiger partial charge < -0.3 is 24.3 Å². The molecular weight excluding hydrogens is 346 g/mol. The van der Waals surface area contributed by atoms with Crippen LogP contribution in [0.1, 0.15) is 53.4 Å². The minimum Gasteiger partial charge on any atom is -0.378 e. The Balaban J connectivity index is 1.66. The Bertz CT molecular complexity index is 569. The summed E-state index contributed by atoms with van der Waals surface area (Å²) in [6.45, 7) is 9.93. The molecule has 0 aromatic carbocycles. The maximum Gasteiger partial charge on any atom is 0.246 e. The third-order valence-electron chi connectivity index (χ3n) is 6.24. The summed E-state index contributed by atoms with van der Waals surface area (Å²) in [5.74, 6) is 0.0459. The summed E-state index contributed by atoms with van der Waals surface area (Å²) < 4.78 is 24.0. The molecule has 0 radical (unpaired) electrons. The van der Waals surface area contributed by atoms with Gasteiger partial charge in [-0.3, -0.25) is 4.79 Å². The molecule has 2 saturated heterocycles. The van der Waals surface area contributed by atoms with Crippen molar-refractivity contribution in [3.63, 3.8) is 0 Å². The molecule has 6 nitrogen and oxygen atoms in total. The molecule has 6 heteroatoms. The van der Waals surface area contributed by atoms with Crippen LogP contribution in [0.15, 0.2) is 11.6 Å². The molecule has 3 aliphatic rings. The predicted octanol–water partition coefficient (Wildman–Crippen LogP) is 2.61. The van der Waals surface area contributed by atoms with Gasteiger partial charge >= 0.3 is 0 Å². The largest absolute Gasteiger partial charge is 0.378 e. The fraction of sp³-hybridized carbons (Fsp3) is 0.857. The zero-order valence-electron chi connectivity index (χ0n) is 17.4. The first kappa shape index (κ1) is 20.8. The lowest BCUT2D eigenvalue weighted by molar-refractivity contribution is -0.150. The maximum absolute atomic E-state index is 11.9. The van der Waals surface area contributed by atoms with E-state index in [2.05, 4.69) is 32.2 Å². The summed E-state index contributed by atoms with van der Waals surface area (Å²) in [7, 11) is 1.73. The van der Waals surface area contributed by atoms with Crippen LogP contribution >= 0.6 is 0 Å². The maximum atomic E-state index is 11.9. The number of methoxy groups -OCH3 is 1. The average molecular weight is 382 g/mol. The number of nitrogens with one attached hydrogen (secondary N) is 1. The molecule has 27 heavy (non-hydrogen) atoms. The number of epoxide rings is 2. The van der Waals surface area contributed by atoms with E-state index in [9.17, 15) is 4.79 Å². The van der Waals surface area contributed by atoms with Gasteiger partial charge in [0, 0.05) is 13.7 Å². The monoisotopic (exact) mass is 381 g/mol. The molecule has 1 saturated carbocycles. The molecule has 0 aromatic heterocycles. The van der Waals surface area contributed by atoms with Crippen LogP contribution < -0.4 is 5.32 Å². The minimum absolute atomic E-state index is 0.0680. The van der Waals surface area contributed by atoms with Crippen LogP contribution in [0, 0.1) is 5.92 Å². The van der Waals surface area contributed by atoms with Gasteiger partial charge in [0.25, 0.3) is 0 Å². The highest BCUT2D eigenvalue weighted by molar-refractivity contribution is 5.77. The molecule has 1 amide bonds. The molecule has 6 unspecified atom stereocenters. The summed E-state index contributed by atoms with van der Waals surface area (Å²) in [4.78, 5) is 11.9. The summed E-state index contributed by atoms with van der Waals surface area (Å²) in [6.07, 6.45) is 5.75.